The minimum Gasteiger partial charge on any atom is -0.624 e. The van der Waals surface area contributed by atoms with Crippen LogP contribution in [0.3, 0.4) is 0 Å². The maximum absolute atomic E-state index is 11.3. The Morgan fingerprint density at radius 1 is 1.47 bits per heavy atom. The summed E-state index contributed by atoms with van der Waals surface area (Å²) < 4.78 is 6.11. The van der Waals surface area contributed by atoms with Crippen molar-refractivity contribution in [2.45, 2.75) is 32.9 Å². The number of benzene rings is 1. The van der Waals surface area contributed by atoms with Crippen LogP contribution in [0.25, 0.3) is 0 Å². The van der Waals surface area contributed by atoms with Gasteiger partial charge in [0.05, 0.1) is 0 Å². The molecule has 17 heavy (non-hydrogen) atoms. The Morgan fingerprint density at radius 3 is 2.76 bits per heavy atom. The van der Waals surface area contributed by atoms with E-state index in [-0.39, 0.29) is 12.6 Å². The number of nitrogens with zero attached hydrogens (tertiary/aromatic N) is 1. The quantitative estimate of drug-likeness (QED) is 0.367. The molecule has 0 saturated carbocycles. The van der Waals surface area contributed by atoms with Crippen molar-refractivity contribution in [2.24, 2.45) is 0 Å². The number of aliphatic hydroxyl groups is 1. The summed E-state index contributed by atoms with van der Waals surface area (Å²) >= 11 is 0. The van der Waals surface area contributed by atoms with Crippen LogP contribution >= 0.6 is 0 Å². The first-order valence-corrected chi connectivity index (χ1v) is 5.67. The molecule has 4 nitrogen and oxygen atoms in total. The number of aliphatic hydroxyl groups excluding tert-OH is 1. The summed E-state index contributed by atoms with van der Waals surface area (Å²) in [6, 6.07) is 7.37. The fourth-order valence-corrected chi connectivity index (χ4v) is 1.27. The molecule has 0 fully saturated rings. The van der Waals surface area contributed by atoms with Gasteiger partial charge in [-0.1, -0.05) is 12.1 Å². The van der Waals surface area contributed by atoms with E-state index < -0.39 is 6.10 Å². The summed E-state index contributed by atoms with van der Waals surface area (Å²) in [6.07, 6.45) is 0.330. The zero-order valence-corrected chi connectivity index (χ0v) is 10.5. The third kappa shape index (κ3) is 4.87. The molecule has 1 atom stereocenters. The fraction of sp³-hybridized carbons (Fsp3) is 0.462. The van der Waals surface area contributed by atoms with Crippen molar-refractivity contribution in [3.05, 3.63) is 35.0 Å². The molecular formula is C13H19NO3. The van der Waals surface area contributed by atoms with Crippen LogP contribution in [0.2, 0.25) is 0 Å². The summed E-state index contributed by atoms with van der Waals surface area (Å²) in [4.78, 5) is 0. The van der Waals surface area contributed by atoms with Crippen LogP contribution in [0.15, 0.2) is 24.3 Å². The van der Waals surface area contributed by atoms with Crippen molar-refractivity contribution in [3.8, 4) is 5.75 Å². The highest BCUT2D eigenvalue weighted by Crippen LogP contribution is 2.12. The highest BCUT2D eigenvalue weighted by molar-refractivity contribution is 5.57. The van der Waals surface area contributed by atoms with Gasteiger partial charge in [-0.25, -0.2) is 4.74 Å². The molecule has 4 heteroatoms. The normalized spacial score (nSPS) is 13.8. The summed E-state index contributed by atoms with van der Waals surface area (Å²) in [5.41, 5.74) is 1.09. The Morgan fingerprint density at radius 2 is 2.18 bits per heavy atom. The van der Waals surface area contributed by atoms with E-state index in [0.717, 1.165) is 10.3 Å². The molecule has 1 aromatic rings. The van der Waals surface area contributed by atoms with E-state index in [9.17, 15) is 10.3 Å². The molecule has 0 radical (unpaired) electrons. The zero-order chi connectivity index (χ0) is 12.8. The van der Waals surface area contributed by atoms with Crippen LogP contribution in [0.4, 0.5) is 0 Å². The summed E-state index contributed by atoms with van der Waals surface area (Å²) in [5.74, 6) is 0.694. The fourth-order valence-electron chi connectivity index (χ4n) is 1.27. The van der Waals surface area contributed by atoms with Gasteiger partial charge >= 0.3 is 0 Å². The molecule has 0 bridgehead atoms. The highest BCUT2D eigenvalue weighted by Gasteiger charge is 2.08. The van der Waals surface area contributed by atoms with E-state index in [1.165, 1.54) is 6.21 Å². The third-order valence-electron chi connectivity index (χ3n) is 2.24. The predicted molar refractivity (Wildman–Crippen MR) is 67.5 cm³/mol. The monoisotopic (exact) mass is 237 g/mol. The minimum atomic E-state index is -0.893. The van der Waals surface area contributed by atoms with E-state index in [1.807, 2.05) is 31.2 Å². The molecule has 0 aromatic heterocycles. The van der Waals surface area contributed by atoms with E-state index in [1.54, 1.807) is 13.8 Å². The topological polar surface area (TPSA) is 55.5 Å². The Bertz CT molecular complexity index is 388. The average molecular weight is 237 g/mol. The van der Waals surface area contributed by atoms with E-state index >= 15 is 0 Å². The van der Waals surface area contributed by atoms with Gasteiger partial charge < -0.3 is 15.1 Å². The molecule has 1 rings (SSSR count). The largest absolute Gasteiger partial charge is 0.624 e. The lowest BCUT2D eigenvalue weighted by atomic mass is 10.2. The Hall–Kier alpha value is -1.55. The molecular weight excluding hydrogens is 218 g/mol. The van der Waals surface area contributed by atoms with E-state index in [2.05, 4.69) is 0 Å². The van der Waals surface area contributed by atoms with E-state index in [4.69, 9.17) is 4.74 Å². The number of hydroxylamine groups is 1. The van der Waals surface area contributed by atoms with Gasteiger partial charge in [0, 0.05) is 0 Å². The first-order chi connectivity index (χ1) is 7.99. The van der Waals surface area contributed by atoms with Crippen LogP contribution in [0.5, 0.6) is 5.75 Å². The van der Waals surface area contributed by atoms with Crippen molar-refractivity contribution in [3.63, 3.8) is 0 Å². The van der Waals surface area contributed by atoms with Crippen LogP contribution in [0, 0.1) is 12.1 Å². The van der Waals surface area contributed by atoms with Crippen molar-refractivity contribution < 1.29 is 14.6 Å². The number of aryl methyl sites for hydroxylation is 1. The zero-order valence-electron chi connectivity index (χ0n) is 10.5. The first kappa shape index (κ1) is 13.5. The maximum atomic E-state index is 11.3. The molecule has 0 saturated heterocycles. The van der Waals surface area contributed by atoms with Crippen LogP contribution in [-0.4, -0.2) is 34.8 Å². The smallest absolute Gasteiger partial charge is 0.183 e. The van der Waals surface area contributed by atoms with Gasteiger partial charge in [0.2, 0.25) is 0 Å². The van der Waals surface area contributed by atoms with E-state index in [0.29, 0.717) is 5.75 Å². The lowest BCUT2D eigenvalue weighted by Gasteiger charge is -2.11. The van der Waals surface area contributed by atoms with Crippen molar-refractivity contribution in [2.75, 3.05) is 6.61 Å². The SMILES string of the molecule is Cc1cccc(OCC(O)C=[N+]([O-])C(C)C)c1. The first-order valence-electron chi connectivity index (χ1n) is 5.67. The molecule has 0 spiro atoms. The van der Waals surface area contributed by atoms with Crippen LogP contribution in [-0.2, 0) is 0 Å². The minimum absolute atomic E-state index is 0.0783. The Balaban J connectivity index is 2.48. The Kier molecular flexibility index (Phi) is 4.97. The molecule has 1 N–H and O–H groups in total. The lowest BCUT2D eigenvalue weighted by Crippen LogP contribution is -2.26. The number of hydrogen-bond acceptors (Lipinski definition) is 3. The second-order valence-corrected chi connectivity index (χ2v) is 4.30. The van der Waals surface area contributed by atoms with Gasteiger partial charge in [-0.3, -0.25) is 0 Å². The molecule has 0 heterocycles. The summed E-state index contributed by atoms with van der Waals surface area (Å²) in [7, 11) is 0. The van der Waals surface area contributed by atoms with Gasteiger partial charge in [0.25, 0.3) is 0 Å². The molecule has 0 aliphatic rings. The number of rotatable bonds is 5. The third-order valence-corrected chi connectivity index (χ3v) is 2.24. The molecule has 0 aliphatic carbocycles. The Labute approximate surface area is 102 Å². The summed E-state index contributed by atoms with van der Waals surface area (Å²) in [6.45, 7) is 5.57. The number of ether oxygens (including phenoxy) is 1. The van der Waals surface area contributed by atoms with Gasteiger partial charge in [-0.2, -0.15) is 0 Å². The molecule has 0 amide bonds. The van der Waals surface area contributed by atoms with Crippen molar-refractivity contribution in [1.82, 2.24) is 0 Å². The van der Waals surface area contributed by atoms with Gasteiger partial charge in [-0.15, -0.1) is 0 Å². The molecule has 1 unspecified atom stereocenters. The van der Waals surface area contributed by atoms with Crippen molar-refractivity contribution in [1.29, 1.82) is 0 Å². The standard InChI is InChI=1S/C13H19NO3/c1-10(2)14(16)8-12(15)9-17-13-6-4-5-11(3)7-13/h4-8,10,12,15H,9H2,1-3H3. The predicted octanol–water partition coefficient (Wildman–Crippen LogP) is 1.72. The summed E-state index contributed by atoms with van der Waals surface area (Å²) in [5, 5.41) is 20.8. The van der Waals surface area contributed by atoms with Crippen molar-refractivity contribution >= 4 is 6.21 Å². The van der Waals surface area contributed by atoms with Gasteiger partial charge in [0.15, 0.2) is 18.4 Å². The highest BCUT2D eigenvalue weighted by atomic mass is 16.5. The van der Waals surface area contributed by atoms with Crippen LogP contribution in [0.1, 0.15) is 19.4 Å². The second kappa shape index (κ2) is 6.25. The molecule has 1 aromatic carbocycles. The molecule has 94 valence electrons. The lowest BCUT2D eigenvalue weighted by molar-refractivity contribution is -0.490. The average Bonchev–Trinajstić information content (AvgIpc) is 2.26. The number of hydrogen-bond donors (Lipinski definition) is 1. The van der Waals surface area contributed by atoms with Gasteiger partial charge in [0.1, 0.15) is 12.4 Å². The maximum Gasteiger partial charge on any atom is 0.183 e. The molecule has 0 aliphatic heterocycles. The second-order valence-electron chi connectivity index (χ2n) is 4.30. The van der Waals surface area contributed by atoms with Crippen LogP contribution < -0.4 is 4.74 Å². The van der Waals surface area contributed by atoms with Gasteiger partial charge in [-0.05, 0) is 38.5 Å².